The van der Waals surface area contributed by atoms with Crippen LogP contribution in [0, 0.1) is 0 Å². The molecule has 0 fully saturated rings. The maximum absolute atomic E-state index is 11.7. The standard InChI is InChI=1S/C12H17ClN4O2.2ClH/c1-17(2)10-4-3-8(13)5-9(10)16-12(19)7-15-11(18)6-14;;/h3-5H,6-7,14H2,1-2H3,(H,15,18)(H,16,19);2*1H. The van der Waals surface area contributed by atoms with Gasteiger partial charge >= 0.3 is 0 Å². The number of hydrogen-bond acceptors (Lipinski definition) is 4. The van der Waals surface area contributed by atoms with Gasteiger partial charge in [-0.25, -0.2) is 0 Å². The molecule has 0 bridgehead atoms. The number of benzene rings is 1. The maximum atomic E-state index is 11.7. The van der Waals surface area contributed by atoms with Crippen LogP contribution in [0.5, 0.6) is 0 Å². The Labute approximate surface area is 141 Å². The number of amides is 2. The number of nitrogens with one attached hydrogen (secondary N) is 2. The topological polar surface area (TPSA) is 87.5 Å². The van der Waals surface area contributed by atoms with E-state index in [9.17, 15) is 9.59 Å². The van der Waals surface area contributed by atoms with Gasteiger partial charge in [0.1, 0.15) is 0 Å². The van der Waals surface area contributed by atoms with Gasteiger partial charge < -0.3 is 21.3 Å². The first kappa shape index (κ1) is 22.1. The van der Waals surface area contributed by atoms with Crippen molar-refractivity contribution in [3.8, 4) is 0 Å². The Morgan fingerprint density at radius 3 is 2.38 bits per heavy atom. The van der Waals surface area contributed by atoms with Crippen LogP contribution in [-0.4, -0.2) is 39.0 Å². The summed E-state index contributed by atoms with van der Waals surface area (Å²) in [6, 6.07) is 5.19. The van der Waals surface area contributed by atoms with E-state index in [0.29, 0.717) is 10.7 Å². The fraction of sp³-hybridized carbons (Fsp3) is 0.333. The molecule has 0 aliphatic rings. The second kappa shape index (κ2) is 10.5. The molecule has 1 aromatic carbocycles. The number of carbonyl (C=O) groups is 2. The summed E-state index contributed by atoms with van der Waals surface area (Å²) in [5.41, 5.74) is 6.54. The van der Waals surface area contributed by atoms with E-state index in [1.165, 1.54) is 0 Å². The molecule has 1 rings (SSSR count). The van der Waals surface area contributed by atoms with Crippen molar-refractivity contribution >= 4 is 59.6 Å². The zero-order valence-electron chi connectivity index (χ0n) is 11.7. The Bertz CT molecular complexity index is 484. The van der Waals surface area contributed by atoms with Crippen molar-refractivity contribution in [2.24, 2.45) is 5.73 Å². The Morgan fingerprint density at radius 2 is 1.86 bits per heavy atom. The smallest absolute Gasteiger partial charge is 0.243 e. The van der Waals surface area contributed by atoms with E-state index >= 15 is 0 Å². The number of hydrogen-bond donors (Lipinski definition) is 3. The molecule has 0 heterocycles. The van der Waals surface area contributed by atoms with E-state index in [4.69, 9.17) is 17.3 Å². The number of halogens is 3. The third-order valence-corrected chi connectivity index (χ3v) is 2.58. The largest absolute Gasteiger partial charge is 0.376 e. The SMILES string of the molecule is CN(C)c1ccc(Cl)cc1NC(=O)CNC(=O)CN.Cl.Cl. The van der Waals surface area contributed by atoms with Crippen LogP contribution in [-0.2, 0) is 9.59 Å². The third-order valence-electron chi connectivity index (χ3n) is 2.35. The van der Waals surface area contributed by atoms with Crippen molar-refractivity contribution in [1.29, 1.82) is 0 Å². The minimum absolute atomic E-state index is 0. The first-order valence-electron chi connectivity index (χ1n) is 5.67. The molecule has 2 amide bonds. The summed E-state index contributed by atoms with van der Waals surface area (Å²) in [7, 11) is 3.71. The average Bonchev–Trinajstić information content (AvgIpc) is 2.35. The van der Waals surface area contributed by atoms with Gasteiger partial charge in [0.15, 0.2) is 0 Å². The van der Waals surface area contributed by atoms with Gasteiger partial charge in [0.2, 0.25) is 11.8 Å². The molecule has 0 radical (unpaired) electrons. The molecule has 4 N–H and O–H groups in total. The molecule has 21 heavy (non-hydrogen) atoms. The first-order valence-corrected chi connectivity index (χ1v) is 6.05. The van der Waals surface area contributed by atoms with E-state index in [1.807, 2.05) is 19.0 Å². The van der Waals surface area contributed by atoms with Gasteiger partial charge in [0, 0.05) is 19.1 Å². The van der Waals surface area contributed by atoms with E-state index in [0.717, 1.165) is 5.69 Å². The zero-order chi connectivity index (χ0) is 14.4. The second-order valence-electron chi connectivity index (χ2n) is 4.08. The average molecular weight is 358 g/mol. The predicted molar refractivity (Wildman–Crippen MR) is 91.0 cm³/mol. The highest BCUT2D eigenvalue weighted by Gasteiger charge is 2.10. The van der Waals surface area contributed by atoms with E-state index < -0.39 is 0 Å². The summed E-state index contributed by atoms with van der Waals surface area (Å²) in [6.07, 6.45) is 0. The van der Waals surface area contributed by atoms with Gasteiger partial charge in [-0.1, -0.05) is 11.6 Å². The van der Waals surface area contributed by atoms with Crippen LogP contribution in [0.15, 0.2) is 18.2 Å². The van der Waals surface area contributed by atoms with Crippen LogP contribution in [0.2, 0.25) is 5.02 Å². The van der Waals surface area contributed by atoms with Gasteiger partial charge in [-0.15, -0.1) is 24.8 Å². The van der Waals surface area contributed by atoms with Crippen molar-refractivity contribution in [2.45, 2.75) is 0 Å². The zero-order valence-corrected chi connectivity index (χ0v) is 14.1. The first-order chi connectivity index (χ1) is 8.93. The summed E-state index contributed by atoms with van der Waals surface area (Å²) in [5.74, 6) is -0.721. The highest BCUT2D eigenvalue weighted by Crippen LogP contribution is 2.27. The lowest BCUT2D eigenvalue weighted by atomic mass is 10.2. The van der Waals surface area contributed by atoms with Gasteiger partial charge in [0.05, 0.1) is 24.5 Å². The van der Waals surface area contributed by atoms with Crippen LogP contribution >= 0.6 is 36.4 Å². The molecular formula is C12H19Cl3N4O2. The number of carbonyl (C=O) groups excluding carboxylic acids is 2. The number of nitrogens with two attached hydrogens (primary N) is 1. The molecule has 0 unspecified atom stereocenters. The van der Waals surface area contributed by atoms with Gasteiger partial charge in [-0.2, -0.15) is 0 Å². The van der Waals surface area contributed by atoms with Crippen LogP contribution in [0.4, 0.5) is 11.4 Å². The molecule has 0 saturated heterocycles. The molecule has 0 aliphatic heterocycles. The lowest BCUT2D eigenvalue weighted by Gasteiger charge is -2.18. The highest BCUT2D eigenvalue weighted by atomic mass is 35.5. The normalized spacial score (nSPS) is 8.95. The summed E-state index contributed by atoms with van der Waals surface area (Å²) in [4.78, 5) is 24.5. The van der Waals surface area contributed by atoms with Gasteiger partial charge in [-0.3, -0.25) is 9.59 Å². The molecule has 0 aromatic heterocycles. The molecule has 1 aromatic rings. The van der Waals surface area contributed by atoms with Crippen LogP contribution < -0.4 is 21.3 Å². The molecule has 120 valence electrons. The van der Waals surface area contributed by atoms with Crippen molar-refractivity contribution in [2.75, 3.05) is 37.4 Å². The number of nitrogens with zero attached hydrogens (tertiary/aromatic N) is 1. The Hall–Kier alpha value is -1.21. The van der Waals surface area contributed by atoms with Crippen molar-refractivity contribution < 1.29 is 9.59 Å². The lowest BCUT2D eigenvalue weighted by Crippen LogP contribution is -2.36. The summed E-state index contributed by atoms with van der Waals surface area (Å²) >= 11 is 5.90. The Kier molecular flexibility index (Phi) is 11.0. The summed E-state index contributed by atoms with van der Waals surface area (Å²) in [6.45, 7) is -0.275. The van der Waals surface area contributed by atoms with E-state index in [2.05, 4.69) is 10.6 Å². The Balaban J connectivity index is 0. The molecule has 0 aliphatic carbocycles. The minimum atomic E-state index is -0.380. The predicted octanol–water partition coefficient (Wildman–Crippen LogP) is 1.26. The Morgan fingerprint density at radius 1 is 1.24 bits per heavy atom. The third kappa shape index (κ3) is 7.38. The van der Waals surface area contributed by atoms with Crippen molar-refractivity contribution in [3.63, 3.8) is 0 Å². The van der Waals surface area contributed by atoms with Crippen molar-refractivity contribution in [1.82, 2.24) is 5.32 Å². The maximum Gasteiger partial charge on any atom is 0.243 e. The molecule has 0 spiro atoms. The fourth-order valence-corrected chi connectivity index (χ4v) is 1.62. The van der Waals surface area contributed by atoms with E-state index in [-0.39, 0.29) is 49.7 Å². The fourth-order valence-electron chi connectivity index (χ4n) is 1.44. The quantitative estimate of drug-likeness (QED) is 0.740. The lowest BCUT2D eigenvalue weighted by molar-refractivity contribution is -0.123. The molecule has 0 saturated carbocycles. The molecule has 6 nitrogen and oxygen atoms in total. The summed E-state index contributed by atoms with van der Waals surface area (Å²) in [5, 5.41) is 5.60. The van der Waals surface area contributed by atoms with Crippen LogP contribution in [0.1, 0.15) is 0 Å². The second-order valence-corrected chi connectivity index (χ2v) is 4.52. The van der Waals surface area contributed by atoms with Gasteiger partial charge in [0.25, 0.3) is 0 Å². The van der Waals surface area contributed by atoms with E-state index in [1.54, 1.807) is 18.2 Å². The monoisotopic (exact) mass is 356 g/mol. The number of anilines is 2. The molecule has 0 atom stereocenters. The summed E-state index contributed by atoms with van der Waals surface area (Å²) < 4.78 is 0. The van der Waals surface area contributed by atoms with Crippen LogP contribution in [0.25, 0.3) is 0 Å². The minimum Gasteiger partial charge on any atom is -0.376 e. The van der Waals surface area contributed by atoms with Gasteiger partial charge in [-0.05, 0) is 18.2 Å². The van der Waals surface area contributed by atoms with Crippen LogP contribution in [0.3, 0.4) is 0 Å². The molecule has 9 heteroatoms. The highest BCUT2D eigenvalue weighted by molar-refractivity contribution is 6.31. The number of rotatable bonds is 5. The van der Waals surface area contributed by atoms with Crippen molar-refractivity contribution in [3.05, 3.63) is 23.2 Å². The molecular weight excluding hydrogens is 339 g/mol.